The van der Waals surface area contributed by atoms with Gasteiger partial charge < -0.3 is 14.2 Å². The van der Waals surface area contributed by atoms with Gasteiger partial charge in [-0.25, -0.2) is 0 Å². The zero-order chi connectivity index (χ0) is 18.4. The maximum atomic E-state index is 12.2. The van der Waals surface area contributed by atoms with Crippen molar-refractivity contribution in [2.24, 2.45) is 0 Å². The molecule has 2 aromatic heterocycles. The first kappa shape index (κ1) is 18.4. The highest BCUT2D eigenvalue weighted by Gasteiger charge is 2.13. The number of thiophene rings is 1. The van der Waals surface area contributed by atoms with E-state index in [2.05, 4.69) is 10.1 Å². The Labute approximate surface area is 160 Å². The average molecular weight is 392 g/mol. The van der Waals surface area contributed by atoms with E-state index < -0.39 is 0 Å². The van der Waals surface area contributed by atoms with E-state index >= 15 is 0 Å². The first-order valence-electron chi connectivity index (χ1n) is 8.10. The largest absolute Gasteiger partial charge is 0.490 e. The highest BCUT2D eigenvalue weighted by atomic mass is 35.5. The summed E-state index contributed by atoms with van der Waals surface area (Å²) in [7, 11) is 1.74. The first-order chi connectivity index (χ1) is 12.6. The molecular weight excluding hydrogens is 374 g/mol. The molecule has 0 bridgehead atoms. The van der Waals surface area contributed by atoms with Crippen LogP contribution in [-0.4, -0.2) is 41.1 Å². The summed E-state index contributed by atoms with van der Waals surface area (Å²) in [5.41, 5.74) is 0.921. The number of aryl methyl sites for hydroxylation is 1. The van der Waals surface area contributed by atoms with E-state index in [-0.39, 0.29) is 5.91 Å². The lowest BCUT2D eigenvalue weighted by molar-refractivity contribution is -0.130. The Hall–Kier alpha value is -2.38. The molecule has 26 heavy (non-hydrogen) atoms. The minimum absolute atomic E-state index is 0.0111. The number of carbonyl (C=O) groups excluding carboxylic acids is 1. The lowest BCUT2D eigenvalue weighted by Gasteiger charge is -2.17. The van der Waals surface area contributed by atoms with Crippen molar-refractivity contribution >= 4 is 28.8 Å². The third-order valence-electron chi connectivity index (χ3n) is 3.75. The minimum Gasteiger partial charge on any atom is -0.490 e. The molecule has 8 heteroatoms. The Balaban J connectivity index is 1.42. The number of nitrogens with zero attached hydrogens (tertiary/aromatic N) is 3. The van der Waals surface area contributed by atoms with Gasteiger partial charge in [-0.2, -0.15) is 16.3 Å². The molecule has 0 aliphatic rings. The van der Waals surface area contributed by atoms with Crippen LogP contribution in [0.2, 0.25) is 5.02 Å². The van der Waals surface area contributed by atoms with Crippen molar-refractivity contribution in [3.63, 3.8) is 0 Å². The number of para-hydroxylation sites is 1. The zero-order valence-corrected chi connectivity index (χ0v) is 15.8. The molecule has 2 heterocycles. The summed E-state index contributed by atoms with van der Waals surface area (Å²) in [5.74, 6) is 1.61. The first-order valence-corrected chi connectivity index (χ1v) is 9.42. The molecule has 1 amide bonds. The summed E-state index contributed by atoms with van der Waals surface area (Å²) < 4.78 is 10.8. The molecule has 136 valence electrons. The van der Waals surface area contributed by atoms with Crippen molar-refractivity contribution in [3.05, 3.63) is 52.0 Å². The molecule has 0 fully saturated rings. The van der Waals surface area contributed by atoms with Crippen molar-refractivity contribution in [1.82, 2.24) is 15.0 Å². The number of benzene rings is 1. The van der Waals surface area contributed by atoms with E-state index in [0.29, 0.717) is 48.5 Å². The van der Waals surface area contributed by atoms with Gasteiger partial charge in [-0.3, -0.25) is 4.79 Å². The third kappa shape index (κ3) is 4.83. The fourth-order valence-corrected chi connectivity index (χ4v) is 3.07. The van der Waals surface area contributed by atoms with Gasteiger partial charge in [0.25, 0.3) is 0 Å². The van der Waals surface area contributed by atoms with E-state index in [1.807, 2.05) is 29.0 Å². The molecule has 1 aromatic carbocycles. The van der Waals surface area contributed by atoms with Gasteiger partial charge >= 0.3 is 0 Å². The normalized spacial score (nSPS) is 10.7. The standard InChI is InChI=1S/C18H18ClN3O3S/c1-22(9-10-24-15-5-3-2-4-14(15)19)17(23)7-6-16-20-18(21-25-16)13-8-11-26-12-13/h2-5,8,11-12H,6-7,9-10H2,1H3. The van der Waals surface area contributed by atoms with Gasteiger partial charge in [0.2, 0.25) is 17.6 Å². The van der Waals surface area contributed by atoms with Crippen LogP contribution in [-0.2, 0) is 11.2 Å². The van der Waals surface area contributed by atoms with Gasteiger partial charge in [-0.1, -0.05) is 28.9 Å². The number of rotatable bonds is 8. The molecule has 0 N–H and O–H groups in total. The molecule has 0 aliphatic heterocycles. The predicted octanol–water partition coefficient (Wildman–Crippen LogP) is 3.92. The topological polar surface area (TPSA) is 68.5 Å². The van der Waals surface area contributed by atoms with Crippen LogP contribution in [0.4, 0.5) is 0 Å². The van der Waals surface area contributed by atoms with E-state index in [9.17, 15) is 4.79 Å². The van der Waals surface area contributed by atoms with Crippen LogP contribution >= 0.6 is 22.9 Å². The summed E-state index contributed by atoms with van der Waals surface area (Å²) in [6.07, 6.45) is 0.708. The summed E-state index contributed by atoms with van der Waals surface area (Å²) in [4.78, 5) is 18.1. The number of hydrogen-bond donors (Lipinski definition) is 0. The maximum Gasteiger partial charge on any atom is 0.227 e. The van der Waals surface area contributed by atoms with Gasteiger partial charge in [0.15, 0.2) is 0 Å². The highest BCUT2D eigenvalue weighted by molar-refractivity contribution is 7.08. The Bertz CT molecular complexity index is 851. The third-order valence-corrected chi connectivity index (χ3v) is 4.74. The Kier molecular flexibility index (Phi) is 6.25. The van der Waals surface area contributed by atoms with E-state index in [1.54, 1.807) is 35.4 Å². The van der Waals surface area contributed by atoms with Crippen molar-refractivity contribution < 1.29 is 14.1 Å². The van der Waals surface area contributed by atoms with Crippen LogP contribution in [0.15, 0.2) is 45.6 Å². The lowest BCUT2D eigenvalue weighted by Crippen LogP contribution is -2.31. The number of halogens is 1. The smallest absolute Gasteiger partial charge is 0.227 e. The molecule has 0 radical (unpaired) electrons. The van der Waals surface area contributed by atoms with Gasteiger partial charge in [-0.05, 0) is 23.6 Å². The molecule has 0 atom stereocenters. The quantitative estimate of drug-likeness (QED) is 0.582. The van der Waals surface area contributed by atoms with Crippen LogP contribution in [0.5, 0.6) is 5.75 Å². The second-order valence-electron chi connectivity index (χ2n) is 5.62. The van der Waals surface area contributed by atoms with Gasteiger partial charge in [-0.15, -0.1) is 0 Å². The van der Waals surface area contributed by atoms with E-state index in [0.717, 1.165) is 5.56 Å². The molecule has 0 saturated carbocycles. The van der Waals surface area contributed by atoms with E-state index in [4.69, 9.17) is 20.9 Å². The summed E-state index contributed by atoms with van der Waals surface area (Å²) in [5, 5.41) is 8.39. The fourth-order valence-electron chi connectivity index (χ4n) is 2.25. The molecule has 3 rings (SSSR count). The lowest BCUT2D eigenvalue weighted by atomic mass is 10.2. The number of ether oxygens (including phenoxy) is 1. The maximum absolute atomic E-state index is 12.2. The number of likely N-dealkylation sites (N-methyl/N-ethyl adjacent to an activating group) is 1. The van der Waals surface area contributed by atoms with Crippen molar-refractivity contribution in [2.45, 2.75) is 12.8 Å². The molecule has 0 saturated heterocycles. The second kappa shape index (κ2) is 8.82. The molecule has 0 unspecified atom stereocenters. The van der Waals surface area contributed by atoms with Crippen LogP contribution in [0, 0.1) is 0 Å². The molecule has 0 spiro atoms. The number of aromatic nitrogens is 2. The van der Waals surface area contributed by atoms with Crippen molar-refractivity contribution in [2.75, 3.05) is 20.2 Å². The highest BCUT2D eigenvalue weighted by Crippen LogP contribution is 2.23. The molecule has 6 nitrogen and oxygen atoms in total. The Morgan fingerprint density at radius 3 is 2.96 bits per heavy atom. The Morgan fingerprint density at radius 1 is 1.35 bits per heavy atom. The van der Waals surface area contributed by atoms with Crippen LogP contribution in [0.1, 0.15) is 12.3 Å². The van der Waals surface area contributed by atoms with Crippen molar-refractivity contribution in [1.29, 1.82) is 0 Å². The SMILES string of the molecule is CN(CCOc1ccccc1Cl)C(=O)CCc1nc(-c2ccsc2)no1. The second-order valence-corrected chi connectivity index (χ2v) is 6.81. The molecule has 0 aliphatic carbocycles. The number of amides is 1. The zero-order valence-electron chi connectivity index (χ0n) is 14.2. The van der Waals surface area contributed by atoms with Crippen molar-refractivity contribution in [3.8, 4) is 17.1 Å². The minimum atomic E-state index is -0.0111. The van der Waals surface area contributed by atoms with Gasteiger partial charge in [0.05, 0.1) is 11.6 Å². The van der Waals surface area contributed by atoms with E-state index in [1.165, 1.54) is 0 Å². The monoisotopic (exact) mass is 391 g/mol. The van der Waals surface area contributed by atoms with Crippen LogP contribution in [0.3, 0.4) is 0 Å². The van der Waals surface area contributed by atoms with Gasteiger partial charge in [0.1, 0.15) is 12.4 Å². The average Bonchev–Trinajstić information content (AvgIpc) is 3.32. The summed E-state index contributed by atoms with van der Waals surface area (Å²) >= 11 is 7.60. The number of hydrogen-bond acceptors (Lipinski definition) is 6. The van der Waals surface area contributed by atoms with Crippen LogP contribution in [0.25, 0.3) is 11.4 Å². The fraction of sp³-hybridized carbons (Fsp3) is 0.278. The molecule has 3 aromatic rings. The number of carbonyl (C=O) groups is 1. The predicted molar refractivity (Wildman–Crippen MR) is 101 cm³/mol. The Morgan fingerprint density at radius 2 is 2.19 bits per heavy atom. The van der Waals surface area contributed by atoms with Gasteiger partial charge in [0, 0.05) is 30.8 Å². The summed E-state index contributed by atoms with van der Waals surface area (Å²) in [6.45, 7) is 0.836. The van der Waals surface area contributed by atoms with Crippen LogP contribution < -0.4 is 4.74 Å². The molecular formula is C18H18ClN3O3S. The summed E-state index contributed by atoms with van der Waals surface area (Å²) in [6, 6.07) is 9.18.